The van der Waals surface area contributed by atoms with Crippen LogP contribution >= 0.6 is 31.9 Å². The van der Waals surface area contributed by atoms with E-state index in [4.69, 9.17) is 9.47 Å². The molecule has 2 N–H and O–H groups in total. The lowest BCUT2D eigenvalue weighted by atomic mass is 10.1. The zero-order valence-electron chi connectivity index (χ0n) is 17.2. The van der Waals surface area contributed by atoms with Gasteiger partial charge in [-0.3, -0.25) is 9.59 Å². The first-order valence-electron chi connectivity index (χ1n) is 9.33. The van der Waals surface area contributed by atoms with Gasteiger partial charge in [0.05, 0.1) is 36.2 Å². The highest BCUT2D eigenvalue weighted by atomic mass is 79.9. The standard InChI is InChI=1S/C23H19Br2N3O4/c1-31-16-9-7-14(8-10-16)22(29)27-20-6-4-3-5-17(20)23(30)28-26-13-15-11-21(32-2)19(25)12-18(15)24/h3-13H,1-2H3,(H,27,29)(H,28,30). The second-order valence-corrected chi connectivity index (χ2v) is 8.14. The third kappa shape index (κ3) is 5.74. The molecule has 2 amide bonds. The molecule has 0 aliphatic carbocycles. The topological polar surface area (TPSA) is 89.0 Å². The normalized spacial score (nSPS) is 10.6. The third-order valence-corrected chi connectivity index (χ3v) is 5.72. The monoisotopic (exact) mass is 559 g/mol. The Hall–Kier alpha value is -3.17. The van der Waals surface area contributed by atoms with Crippen molar-refractivity contribution in [2.75, 3.05) is 19.5 Å². The number of ether oxygens (including phenoxy) is 2. The number of hydrogen-bond acceptors (Lipinski definition) is 5. The van der Waals surface area contributed by atoms with E-state index >= 15 is 0 Å². The SMILES string of the molecule is COc1ccc(C(=O)Nc2ccccc2C(=O)NN=Cc2cc(OC)c(Br)cc2Br)cc1. The van der Waals surface area contributed by atoms with Gasteiger partial charge >= 0.3 is 0 Å². The summed E-state index contributed by atoms with van der Waals surface area (Å²) >= 11 is 6.85. The van der Waals surface area contributed by atoms with Crippen LogP contribution in [0.1, 0.15) is 26.3 Å². The number of hydrazone groups is 1. The van der Waals surface area contributed by atoms with Gasteiger partial charge in [0, 0.05) is 15.6 Å². The fourth-order valence-electron chi connectivity index (χ4n) is 2.75. The lowest BCUT2D eigenvalue weighted by Gasteiger charge is -2.10. The number of rotatable bonds is 7. The van der Waals surface area contributed by atoms with Crippen molar-refractivity contribution in [1.29, 1.82) is 0 Å². The number of nitrogens with zero attached hydrogens (tertiary/aromatic N) is 1. The number of amides is 2. The Bertz CT molecular complexity index is 1160. The van der Waals surface area contributed by atoms with Crippen LogP contribution in [-0.4, -0.2) is 32.2 Å². The maximum Gasteiger partial charge on any atom is 0.273 e. The second kappa shape index (κ2) is 10.9. The summed E-state index contributed by atoms with van der Waals surface area (Å²) in [5.41, 5.74) is 4.28. The lowest BCUT2D eigenvalue weighted by Crippen LogP contribution is -2.21. The molecule has 9 heteroatoms. The molecular formula is C23H19Br2N3O4. The molecular weight excluding hydrogens is 542 g/mol. The van der Waals surface area contributed by atoms with Gasteiger partial charge in [0.1, 0.15) is 11.5 Å². The van der Waals surface area contributed by atoms with E-state index in [-0.39, 0.29) is 11.5 Å². The van der Waals surface area contributed by atoms with Crippen LogP contribution in [0.2, 0.25) is 0 Å². The van der Waals surface area contributed by atoms with Gasteiger partial charge < -0.3 is 14.8 Å². The van der Waals surface area contributed by atoms with Gasteiger partial charge in [0.2, 0.25) is 0 Å². The van der Waals surface area contributed by atoms with Crippen molar-refractivity contribution < 1.29 is 19.1 Å². The van der Waals surface area contributed by atoms with E-state index in [1.165, 1.54) is 6.21 Å². The number of anilines is 1. The largest absolute Gasteiger partial charge is 0.497 e. The number of methoxy groups -OCH3 is 2. The molecule has 0 aliphatic heterocycles. The van der Waals surface area contributed by atoms with Crippen LogP contribution in [-0.2, 0) is 0 Å². The molecule has 0 spiro atoms. The van der Waals surface area contributed by atoms with E-state index < -0.39 is 5.91 Å². The molecule has 164 valence electrons. The van der Waals surface area contributed by atoms with Crippen LogP contribution in [0.3, 0.4) is 0 Å². The minimum absolute atomic E-state index is 0.277. The summed E-state index contributed by atoms with van der Waals surface area (Å²) < 4.78 is 11.9. The number of para-hydroxylation sites is 1. The molecule has 0 unspecified atom stereocenters. The molecule has 0 bridgehead atoms. The van der Waals surface area contributed by atoms with Crippen molar-refractivity contribution in [1.82, 2.24) is 5.43 Å². The summed E-state index contributed by atoms with van der Waals surface area (Å²) in [6, 6.07) is 17.0. The molecule has 3 aromatic carbocycles. The summed E-state index contributed by atoms with van der Waals surface area (Å²) in [4.78, 5) is 25.3. The molecule has 0 atom stereocenters. The van der Waals surface area contributed by atoms with Gasteiger partial charge in [-0.25, -0.2) is 5.43 Å². The summed E-state index contributed by atoms with van der Waals surface area (Å²) in [6.07, 6.45) is 1.50. The van der Waals surface area contributed by atoms with Crippen molar-refractivity contribution in [3.8, 4) is 11.5 Å². The zero-order valence-corrected chi connectivity index (χ0v) is 20.4. The average molecular weight is 561 g/mol. The first-order chi connectivity index (χ1) is 15.4. The van der Waals surface area contributed by atoms with Gasteiger partial charge in [0.15, 0.2) is 0 Å². The van der Waals surface area contributed by atoms with Crippen LogP contribution in [0.4, 0.5) is 5.69 Å². The highest BCUT2D eigenvalue weighted by molar-refractivity contribution is 9.11. The fourth-order valence-corrected chi connectivity index (χ4v) is 4.01. The number of benzene rings is 3. The number of nitrogens with one attached hydrogen (secondary N) is 2. The highest BCUT2D eigenvalue weighted by Crippen LogP contribution is 2.30. The van der Waals surface area contributed by atoms with Crippen LogP contribution in [0.15, 0.2) is 74.7 Å². The van der Waals surface area contributed by atoms with E-state index in [2.05, 4.69) is 47.7 Å². The molecule has 0 radical (unpaired) electrons. The third-order valence-electron chi connectivity index (χ3n) is 4.41. The Balaban J connectivity index is 1.73. The van der Waals surface area contributed by atoms with Crippen LogP contribution in [0.5, 0.6) is 11.5 Å². The molecule has 32 heavy (non-hydrogen) atoms. The Morgan fingerprint density at radius 3 is 2.31 bits per heavy atom. The Kier molecular flexibility index (Phi) is 8.02. The average Bonchev–Trinajstić information content (AvgIpc) is 2.80. The molecule has 0 saturated heterocycles. The van der Waals surface area contributed by atoms with Crippen molar-refractivity contribution in [2.24, 2.45) is 5.10 Å². The van der Waals surface area contributed by atoms with E-state index in [1.54, 1.807) is 68.8 Å². The van der Waals surface area contributed by atoms with Gasteiger partial charge in [-0.2, -0.15) is 5.10 Å². The van der Waals surface area contributed by atoms with Crippen molar-refractivity contribution in [2.45, 2.75) is 0 Å². The van der Waals surface area contributed by atoms with E-state index in [0.717, 1.165) is 8.95 Å². The maximum absolute atomic E-state index is 12.7. The molecule has 0 heterocycles. The van der Waals surface area contributed by atoms with Crippen LogP contribution in [0.25, 0.3) is 0 Å². The van der Waals surface area contributed by atoms with E-state index in [1.807, 2.05) is 6.07 Å². The van der Waals surface area contributed by atoms with Gasteiger partial charge in [-0.1, -0.05) is 28.1 Å². The second-order valence-electron chi connectivity index (χ2n) is 6.44. The van der Waals surface area contributed by atoms with E-state index in [9.17, 15) is 9.59 Å². The summed E-state index contributed by atoms with van der Waals surface area (Å²) in [5.74, 6) is 0.469. The van der Waals surface area contributed by atoms with Gasteiger partial charge in [-0.15, -0.1) is 0 Å². The molecule has 0 fully saturated rings. The molecule has 0 aromatic heterocycles. The molecule has 7 nitrogen and oxygen atoms in total. The first kappa shape index (κ1) is 23.5. The highest BCUT2D eigenvalue weighted by Gasteiger charge is 2.14. The quantitative estimate of drug-likeness (QED) is 0.305. The van der Waals surface area contributed by atoms with Gasteiger partial charge in [0.25, 0.3) is 11.8 Å². The number of carbonyl (C=O) groups is 2. The zero-order chi connectivity index (χ0) is 23.1. The lowest BCUT2D eigenvalue weighted by molar-refractivity contribution is 0.0956. The Labute approximate surface area is 202 Å². The predicted octanol–water partition coefficient (Wildman–Crippen LogP) is 5.25. The van der Waals surface area contributed by atoms with E-state index in [0.29, 0.717) is 28.3 Å². The summed E-state index contributed by atoms with van der Waals surface area (Å²) in [7, 11) is 3.12. The Morgan fingerprint density at radius 1 is 0.906 bits per heavy atom. The van der Waals surface area contributed by atoms with Gasteiger partial charge in [-0.05, 0) is 64.5 Å². The Morgan fingerprint density at radius 2 is 1.62 bits per heavy atom. The molecule has 3 aromatic rings. The first-order valence-corrected chi connectivity index (χ1v) is 10.9. The summed E-state index contributed by atoms with van der Waals surface area (Å²) in [5, 5.41) is 6.79. The fraction of sp³-hybridized carbons (Fsp3) is 0.0870. The van der Waals surface area contributed by atoms with Crippen molar-refractivity contribution in [3.05, 3.63) is 86.3 Å². The molecule has 3 rings (SSSR count). The van der Waals surface area contributed by atoms with Crippen LogP contribution < -0.4 is 20.2 Å². The smallest absolute Gasteiger partial charge is 0.273 e. The minimum Gasteiger partial charge on any atom is -0.497 e. The van der Waals surface area contributed by atoms with Crippen molar-refractivity contribution in [3.63, 3.8) is 0 Å². The number of carbonyl (C=O) groups excluding carboxylic acids is 2. The van der Waals surface area contributed by atoms with Crippen molar-refractivity contribution >= 4 is 55.6 Å². The predicted molar refractivity (Wildman–Crippen MR) is 131 cm³/mol. The number of hydrogen-bond donors (Lipinski definition) is 2. The molecule has 0 aliphatic rings. The van der Waals surface area contributed by atoms with Crippen LogP contribution in [0, 0.1) is 0 Å². The minimum atomic E-state index is -0.466. The maximum atomic E-state index is 12.7. The summed E-state index contributed by atoms with van der Waals surface area (Å²) in [6.45, 7) is 0. The molecule has 0 saturated carbocycles. The number of halogens is 2.